The zero-order valence-corrected chi connectivity index (χ0v) is 19.0. The number of carbonyl (C=O) groups excluding carboxylic acids is 1. The smallest absolute Gasteiger partial charge is 0.242 e. The third kappa shape index (κ3) is 4.82. The Hall–Kier alpha value is -2.70. The Morgan fingerprint density at radius 1 is 1.21 bits per heavy atom. The van der Waals surface area contributed by atoms with E-state index < -0.39 is 47.8 Å². The number of nitrogens with zero attached hydrogens (tertiary/aromatic N) is 4. The van der Waals surface area contributed by atoms with Crippen LogP contribution < -0.4 is 31.1 Å². The summed E-state index contributed by atoms with van der Waals surface area (Å²) in [7, 11) is -8.87. The van der Waals surface area contributed by atoms with Crippen molar-refractivity contribution in [3.63, 3.8) is 0 Å². The van der Waals surface area contributed by atoms with Crippen molar-refractivity contribution in [2.45, 2.75) is 28.3 Å². The van der Waals surface area contributed by atoms with Gasteiger partial charge in [0.15, 0.2) is 0 Å². The third-order valence-electron chi connectivity index (χ3n) is 5.48. The number of nitrogens with one attached hydrogen (secondary N) is 4. The summed E-state index contributed by atoms with van der Waals surface area (Å²) in [5.74, 6) is -0.746. The summed E-state index contributed by atoms with van der Waals surface area (Å²) in [6, 6.07) is 1.51. The van der Waals surface area contributed by atoms with Gasteiger partial charge in [0.05, 0.1) is 5.56 Å². The predicted molar refractivity (Wildman–Crippen MR) is 116 cm³/mol. The molecule has 180 valence electrons. The van der Waals surface area contributed by atoms with Crippen molar-refractivity contribution < 1.29 is 21.6 Å². The third-order valence-corrected chi connectivity index (χ3v) is 8.17. The number of H-pyrrole nitrogens is 1. The second-order valence-corrected chi connectivity index (χ2v) is 10.9. The number of aromatic amines is 1. The highest BCUT2D eigenvalue weighted by Gasteiger charge is 2.35. The zero-order valence-electron chi connectivity index (χ0n) is 17.4. The molecule has 8 N–H and O–H groups in total. The molecule has 0 saturated carbocycles. The fourth-order valence-electron chi connectivity index (χ4n) is 3.99. The summed E-state index contributed by atoms with van der Waals surface area (Å²) < 4.78 is 54.4. The number of rotatable bonds is 7. The zero-order chi connectivity index (χ0) is 23.8. The predicted octanol–water partition coefficient (Wildman–Crippen LogP) is -3.58. The maximum Gasteiger partial charge on any atom is 0.242 e. The van der Waals surface area contributed by atoms with Crippen LogP contribution in [0.25, 0.3) is 11.4 Å². The molecule has 0 radical (unpaired) electrons. The molecule has 2 saturated heterocycles. The van der Waals surface area contributed by atoms with Gasteiger partial charge >= 0.3 is 0 Å². The van der Waals surface area contributed by atoms with Crippen molar-refractivity contribution in [2.75, 3.05) is 37.6 Å². The van der Waals surface area contributed by atoms with Crippen LogP contribution >= 0.6 is 0 Å². The number of sulfonamides is 2. The lowest BCUT2D eigenvalue weighted by atomic mass is 10.1. The topological polar surface area (TPSA) is 231 Å². The van der Waals surface area contributed by atoms with E-state index in [9.17, 15) is 21.6 Å². The number of primary amides is 1. The van der Waals surface area contributed by atoms with Gasteiger partial charge in [0, 0.05) is 37.9 Å². The van der Waals surface area contributed by atoms with Crippen LogP contribution in [-0.4, -0.2) is 88.2 Å². The van der Waals surface area contributed by atoms with E-state index in [1.165, 1.54) is 12.1 Å². The Bertz CT molecular complexity index is 1240. The number of carbonyl (C=O) groups is 1. The second kappa shape index (κ2) is 8.92. The quantitative estimate of drug-likeness (QED) is 0.217. The van der Waals surface area contributed by atoms with Crippen molar-refractivity contribution in [3.8, 4) is 11.4 Å². The molecule has 2 fully saturated rings. The number of tetrazole rings is 1. The number of nitrogens with two attached hydrogens (primary N) is 2. The fraction of sp³-hybridized carbons (Fsp3) is 0.500. The molecular weight excluding hydrogens is 476 g/mol. The largest absolute Gasteiger partial charge is 0.368 e. The first kappa shape index (κ1) is 23.5. The molecule has 2 atom stereocenters. The fourth-order valence-corrected chi connectivity index (χ4v) is 6.86. The van der Waals surface area contributed by atoms with Crippen molar-refractivity contribution in [1.82, 2.24) is 36.0 Å². The van der Waals surface area contributed by atoms with Crippen LogP contribution in [0.2, 0.25) is 0 Å². The van der Waals surface area contributed by atoms with Crippen molar-refractivity contribution in [1.29, 1.82) is 0 Å². The first-order valence-corrected chi connectivity index (χ1v) is 13.0. The lowest BCUT2D eigenvalue weighted by Gasteiger charge is -2.35. The minimum absolute atomic E-state index is 0.113. The highest BCUT2D eigenvalue weighted by atomic mass is 32.2. The number of aromatic nitrogens is 4. The first-order valence-electron chi connectivity index (χ1n) is 10.0. The summed E-state index contributed by atoms with van der Waals surface area (Å²) >= 11 is 0. The van der Waals surface area contributed by atoms with Gasteiger partial charge in [-0.15, -0.1) is 10.2 Å². The number of hydrogen-bond donors (Lipinski definition) is 6. The summed E-state index contributed by atoms with van der Waals surface area (Å²) in [6.45, 7) is 1.90. The maximum absolute atomic E-state index is 13.2. The van der Waals surface area contributed by atoms with Crippen LogP contribution in [-0.2, 0) is 24.8 Å². The minimum atomic E-state index is -4.59. The van der Waals surface area contributed by atoms with Crippen LogP contribution in [0.5, 0.6) is 0 Å². The molecule has 1 aromatic heterocycles. The van der Waals surface area contributed by atoms with Gasteiger partial charge < -0.3 is 21.3 Å². The molecule has 3 heterocycles. The van der Waals surface area contributed by atoms with E-state index in [4.69, 9.17) is 10.9 Å². The molecule has 0 spiro atoms. The standard InChI is InChI=1S/C16H24N10O5S2/c17-15(27)10-8-26(6-5-20-10)11-1-2-12(33(30,31)23-9-3-4-19-7-9)14(32(18,28)29)13(11)16-21-24-25-22-16/h1-2,9-10,19-20,23H,3-8H2,(H2,17,27)(H2,18,28,29)(H,21,22,24,25)/t9-,10+/m1/s1. The van der Waals surface area contributed by atoms with Gasteiger partial charge in [-0.2, -0.15) is 5.21 Å². The van der Waals surface area contributed by atoms with E-state index in [0.717, 1.165) is 0 Å². The van der Waals surface area contributed by atoms with E-state index in [2.05, 4.69) is 36.0 Å². The van der Waals surface area contributed by atoms with Crippen LogP contribution in [0.4, 0.5) is 5.69 Å². The maximum atomic E-state index is 13.2. The van der Waals surface area contributed by atoms with E-state index in [0.29, 0.717) is 32.6 Å². The second-order valence-electron chi connectivity index (χ2n) is 7.73. The van der Waals surface area contributed by atoms with Gasteiger partial charge in [0.25, 0.3) is 0 Å². The molecule has 1 amide bonds. The summed E-state index contributed by atoms with van der Waals surface area (Å²) in [5.41, 5.74) is 5.56. The Balaban J connectivity index is 1.90. The monoisotopic (exact) mass is 500 g/mol. The first-order chi connectivity index (χ1) is 15.6. The van der Waals surface area contributed by atoms with Crippen LogP contribution in [0.3, 0.4) is 0 Å². The molecule has 2 aromatic rings. The van der Waals surface area contributed by atoms with Crippen LogP contribution in [0, 0.1) is 0 Å². The molecule has 2 aliphatic rings. The average Bonchev–Trinajstić information content (AvgIpc) is 3.46. The van der Waals surface area contributed by atoms with Gasteiger partial charge in [-0.25, -0.2) is 26.7 Å². The Labute approximate surface area is 189 Å². The summed E-state index contributed by atoms with van der Waals surface area (Å²) in [4.78, 5) is 12.2. The van der Waals surface area contributed by atoms with Crippen LogP contribution in [0.1, 0.15) is 6.42 Å². The van der Waals surface area contributed by atoms with Crippen molar-refractivity contribution >= 4 is 31.6 Å². The molecule has 15 nitrogen and oxygen atoms in total. The van der Waals surface area contributed by atoms with E-state index in [1.807, 2.05) is 0 Å². The molecule has 33 heavy (non-hydrogen) atoms. The molecule has 2 aliphatic heterocycles. The van der Waals surface area contributed by atoms with Gasteiger partial charge in [-0.05, 0) is 30.3 Å². The molecule has 0 bridgehead atoms. The van der Waals surface area contributed by atoms with E-state index in [-0.39, 0.29) is 23.6 Å². The Morgan fingerprint density at radius 3 is 2.61 bits per heavy atom. The van der Waals surface area contributed by atoms with Gasteiger partial charge in [0.2, 0.25) is 31.8 Å². The molecule has 1 aromatic carbocycles. The average molecular weight is 501 g/mol. The summed E-state index contributed by atoms with van der Waals surface area (Å²) in [5, 5.41) is 25.0. The Kier molecular flexibility index (Phi) is 6.34. The van der Waals surface area contributed by atoms with Crippen molar-refractivity contribution in [3.05, 3.63) is 12.1 Å². The molecule has 0 aliphatic carbocycles. The lowest BCUT2D eigenvalue weighted by molar-refractivity contribution is -0.120. The molecular formula is C16H24N10O5S2. The summed E-state index contributed by atoms with van der Waals surface area (Å²) in [6.07, 6.45) is 0.551. The van der Waals surface area contributed by atoms with Gasteiger partial charge in [-0.1, -0.05) is 0 Å². The number of primary sulfonamides is 1. The van der Waals surface area contributed by atoms with Crippen LogP contribution in [0.15, 0.2) is 21.9 Å². The highest BCUT2D eigenvalue weighted by Crippen LogP contribution is 2.38. The number of amides is 1. The number of benzene rings is 1. The molecule has 4 rings (SSSR count). The van der Waals surface area contributed by atoms with Crippen molar-refractivity contribution in [2.24, 2.45) is 10.9 Å². The number of anilines is 1. The minimum Gasteiger partial charge on any atom is -0.368 e. The highest BCUT2D eigenvalue weighted by molar-refractivity contribution is 7.92. The van der Waals surface area contributed by atoms with E-state index >= 15 is 0 Å². The Morgan fingerprint density at radius 2 is 2.00 bits per heavy atom. The van der Waals surface area contributed by atoms with Gasteiger partial charge in [0.1, 0.15) is 15.8 Å². The molecule has 0 unspecified atom stereocenters. The number of piperazine rings is 1. The SMILES string of the molecule is NC(=O)[C@@H]1CN(c2ccc(S(=O)(=O)N[C@@H]3CCNC3)c(S(N)(=O)=O)c2-c2nn[nH]n2)CCN1. The lowest BCUT2D eigenvalue weighted by Crippen LogP contribution is -2.56. The van der Waals surface area contributed by atoms with Gasteiger partial charge in [-0.3, -0.25) is 4.79 Å². The number of hydrogen-bond acceptors (Lipinski definition) is 11. The normalized spacial score (nSPS) is 21.9. The molecule has 17 heteroatoms. The van der Waals surface area contributed by atoms with E-state index in [1.54, 1.807) is 4.90 Å².